The molecule has 2 atom stereocenters. The average Bonchev–Trinajstić information content (AvgIpc) is 2.99. The van der Waals surface area contributed by atoms with E-state index in [1.165, 1.54) is 0 Å². The molecule has 208 valence electrons. The smallest absolute Gasteiger partial charge is 0.338 e. The largest absolute Gasteiger partial charge is 0.496 e. The number of rotatable bonds is 9. The molecule has 0 heterocycles. The Kier molecular flexibility index (Phi) is 7.82. The molecule has 0 aliphatic heterocycles. The summed E-state index contributed by atoms with van der Waals surface area (Å²) in [5.74, 6) is 1.75. The molecule has 0 fully saturated rings. The summed E-state index contributed by atoms with van der Waals surface area (Å²) in [6.07, 6.45) is -1.60. The molecule has 8 heteroatoms. The van der Waals surface area contributed by atoms with Gasteiger partial charge in [0.25, 0.3) is 0 Å². The van der Waals surface area contributed by atoms with Crippen molar-refractivity contribution in [1.82, 2.24) is 0 Å². The highest BCUT2D eigenvalue weighted by atomic mass is 16.6. The van der Waals surface area contributed by atoms with Crippen LogP contribution >= 0.6 is 0 Å². The number of carbonyl (C=O) groups excluding carboxylic acids is 1. The van der Waals surface area contributed by atoms with Crippen LogP contribution in [0.1, 0.15) is 39.3 Å². The zero-order valence-electron chi connectivity index (χ0n) is 23.4. The monoisotopic (exact) mass is 544 g/mol. The minimum Gasteiger partial charge on any atom is -0.496 e. The van der Waals surface area contributed by atoms with Crippen LogP contribution in [-0.4, -0.2) is 48.6 Å². The van der Waals surface area contributed by atoms with E-state index < -0.39 is 18.2 Å². The van der Waals surface area contributed by atoms with Gasteiger partial charge in [0, 0.05) is 30.7 Å². The molecular weight excluding hydrogens is 512 g/mol. The van der Waals surface area contributed by atoms with E-state index in [2.05, 4.69) is 0 Å². The number of ether oxygens (including phenoxy) is 7. The summed E-state index contributed by atoms with van der Waals surface area (Å²) in [5.41, 5.74) is 4.11. The molecule has 0 bridgehead atoms. The van der Waals surface area contributed by atoms with Gasteiger partial charge >= 0.3 is 5.97 Å². The topological polar surface area (TPSA) is 81.7 Å². The van der Waals surface area contributed by atoms with E-state index in [0.717, 1.165) is 22.1 Å². The first-order valence-corrected chi connectivity index (χ1v) is 12.8. The van der Waals surface area contributed by atoms with Gasteiger partial charge in [-0.15, -0.1) is 0 Å². The first kappa shape index (κ1) is 27.3. The highest BCUT2D eigenvalue weighted by Crippen LogP contribution is 2.60. The SMILES string of the molecule is COCc1cc(OC)c2c(c1)[C@H](OC)[C@@H](OC(=O)c1ccccc1)c1c-2c(OC)c2cccc(OC)c2c1OC. The normalized spacial score (nSPS) is 15.7. The Balaban J connectivity index is 1.91. The molecule has 8 nitrogen and oxygen atoms in total. The van der Waals surface area contributed by atoms with Crippen molar-refractivity contribution in [1.29, 1.82) is 0 Å². The van der Waals surface area contributed by atoms with Gasteiger partial charge in [-0.1, -0.05) is 30.3 Å². The van der Waals surface area contributed by atoms with E-state index in [4.69, 9.17) is 33.2 Å². The predicted molar refractivity (Wildman–Crippen MR) is 151 cm³/mol. The Hall–Kier alpha value is -4.27. The van der Waals surface area contributed by atoms with E-state index >= 15 is 0 Å². The molecule has 1 aliphatic rings. The van der Waals surface area contributed by atoms with E-state index in [-0.39, 0.29) is 0 Å². The maximum Gasteiger partial charge on any atom is 0.338 e. The molecule has 0 saturated carbocycles. The number of carbonyl (C=O) groups is 1. The number of esters is 1. The molecular formula is C32H32O8. The Bertz CT molecular complexity index is 1550. The van der Waals surface area contributed by atoms with Crippen molar-refractivity contribution in [3.8, 4) is 34.1 Å². The molecule has 0 saturated heterocycles. The van der Waals surface area contributed by atoms with Crippen molar-refractivity contribution in [3.05, 3.63) is 82.9 Å². The number of fused-ring (bicyclic) bond motifs is 4. The second-order valence-corrected chi connectivity index (χ2v) is 9.28. The van der Waals surface area contributed by atoms with Crippen molar-refractivity contribution in [2.75, 3.05) is 42.7 Å². The summed E-state index contributed by atoms with van der Waals surface area (Å²) < 4.78 is 41.7. The number of methoxy groups -OCH3 is 6. The first-order chi connectivity index (χ1) is 19.5. The van der Waals surface area contributed by atoms with Crippen LogP contribution in [0.25, 0.3) is 21.9 Å². The maximum atomic E-state index is 13.5. The van der Waals surface area contributed by atoms with Gasteiger partial charge in [0.1, 0.15) is 29.1 Å². The zero-order valence-corrected chi connectivity index (χ0v) is 23.4. The maximum absolute atomic E-state index is 13.5. The van der Waals surface area contributed by atoms with Crippen LogP contribution in [0.2, 0.25) is 0 Å². The Morgan fingerprint density at radius 2 is 1.45 bits per heavy atom. The minimum atomic E-state index is -0.902. The van der Waals surface area contributed by atoms with E-state index in [1.807, 2.05) is 36.4 Å². The third-order valence-electron chi connectivity index (χ3n) is 7.20. The summed E-state index contributed by atoms with van der Waals surface area (Å²) in [5, 5.41) is 1.47. The molecule has 1 aliphatic carbocycles. The standard InChI is InChI=1S/C32H32O8/c1-34-17-18-15-21-24(23(16-18)36-3)26-27(31(29(21)38-5)40-32(33)19-11-8-7-9-12-19)30(39-6)25-20(28(26)37-4)13-10-14-22(25)35-2/h7-16,29,31H,17H2,1-6H3/t29-,31-/m0/s1. The summed E-state index contributed by atoms with van der Waals surface area (Å²) in [6, 6.07) is 18.4. The predicted octanol–water partition coefficient (Wildman–Crippen LogP) is 6.29. The molecule has 4 aromatic rings. The fourth-order valence-electron chi connectivity index (χ4n) is 5.62. The first-order valence-electron chi connectivity index (χ1n) is 12.8. The molecule has 0 aromatic heterocycles. The quantitative estimate of drug-likeness (QED) is 0.228. The fraction of sp³-hybridized carbons (Fsp3) is 0.281. The van der Waals surface area contributed by atoms with Gasteiger partial charge < -0.3 is 33.2 Å². The van der Waals surface area contributed by atoms with E-state index in [1.54, 1.807) is 66.9 Å². The van der Waals surface area contributed by atoms with Gasteiger partial charge in [-0.2, -0.15) is 0 Å². The number of benzene rings is 4. The van der Waals surface area contributed by atoms with Gasteiger partial charge in [-0.25, -0.2) is 4.79 Å². The van der Waals surface area contributed by atoms with Gasteiger partial charge in [0.2, 0.25) is 0 Å². The Labute approximate surface area is 233 Å². The number of hydrogen-bond donors (Lipinski definition) is 0. The van der Waals surface area contributed by atoms with Crippen molar-refractivity contribution in [3.63, 3.8) is 0 Å². The fourth-order valence-corrected chi connectivity index (χ4v) is 5.62. The van der Waals surface area contributed by atoms with Crippen molar-refractivity contribution < 1.29 is 38.0 Å². The van der Waals surface area contributed by atoms with Crippen LogP contribution in [0.3, 0.4) is 0 Å². The second kappa shape index (κ2) is 11.5. The molecule has 0 radical (unpaired) electrons. The van der Waals surface area contributed by atoms with Crippen LogP contribution in [0.5, 0.6) is 23.0 Å². The van der Waals surface area contributed by atoms with Gasteiger partial charge in [-0.05, 0) is 41.5 Å². The molecule has 4 aromatic carbocycles. The van der Waals surface area contributed by atoms with E-state index in [0.29, 0.717) is 51.7 Å². The third kappa shape index (κ3) is 4.39. The highest BCUT2D eigenvalue weighted by molar-refractivity contribution is 6.06. The second-order valence-electron chi connectivity index (χ2n) is 9.28. The summed E-state index contributed by atoms with van der Waals surface area (Å²) in [6.45, 7) is 0.358. The van der Waals surface area contributed by atoms with Crippen molar-refractivity contribution >= 4 is 16.7 Å². The molecule has 0 spiro atoms. The minimum absolute atomic E-state index is 0.358. The zero-order chi connectivity index (χ0) is 28.4. The summed E-state index contributed by atoms with van der Waals surface area (Å²) in [4.78, 5) is 13.5. The lowest BCUT2D eigenvalue weighted by Gasteiger charge is -2.37. The number of hydrogen-bond acceptors (Lipinski definition) is 8. The van der Waals surface area contributed by atoms with Gasteiger partial charge in [-0.3, -0.25) is 0 Å². The molecule has 0 N–H and O–H groups in total. The molecule has 0 unspecified atom stereocenters. The van der Waals surface area contributed by atoms with Crippen LogP contribution in [0.4, 0.5) is 0 Å². The lowest BCUT2D eigenvalue weighted by molar-refractivity contribution is -0.0407. The highest BCUT2D eigenvalue weighted by Gasteiger charge is 2.44. The lowest BCUT2D eigenvalue weighted by atomic mass is 9.78. The molecule has 40 heavy (non-hydrogen) atoms. The van der Waals surface area contributed by atoms with E-state index in [9.17, 15) is 4.79 Å². The van der Waals surface area contributed by atoms with Crippen LogP contribution in [0.15, 0.2) is 60.7 Å². The van der Waals surface area contributed by atoms with Crippen molar-refractivity contribution in [2.45, 2.75) is 18.8 Å². The van der Waals surface area contributed by atoms with Gasteiger partial charge in [0.05, 0.1) is 51.6 Å². The van der Waals surface area contributed by atoms with Crippen molar-refractivity contribution in [2.24, 2.45) is 0 Å². The lowest BCUT2D eigenvalue weighted by Crippen LogP contribution is -2.26. The summed E-state index contributed by atoms with van der Waals surface area (Å²) in [7, 11) is 9.63. The third-order valence-corrected chi connectivity index (χ3v) is 7.20. The summed E-state index contributed by atoms with van der Waals surface area (Å²) >= 11 is 0. The average molecular weight is 545 g/mol. The molecule has 0 amide bonds. The Morgan fingerprint density at radius 3 is 2.08 bits per heavy atom. The van der Waals surface area contributed by atoms with Crippen LogP contribution in [-0.2, 0) is 20.8 Å². The van der Waals surface area contributed by atoms with Crippen LogP contribution in [0, 0.1) is 0 Å². The van der Waals surface area contributed by atoms with Crippen LogP contribution < -0.4 is 18.9 Å². The van der Waals surface area contributed by atoms with Gasteiger partial charge in [0.15, 0.2) is 6.10 Å². The Morgan fingerprint density at radius 1 is 0.725 bits per heavy atom. The molecule has 5 rings (SSSR count).